The second kappa shape index (κ2) is 3.69. The molecule has 0 saturated carbocycles. The van der Waals surface area contributed by atoms with Gasteiger partial charge in [-0.2, -0.15) is 0 Å². The van der Waals surface area contributed by atoms with Crippen LogP contribution in [0.2, 0.25) is 0 Å². The fourth-order valence-corrected chi connectivity index (χ4v) is 3.52. The van der Waals surface area contributed by atoms with Gasteiger partial charge in [0.15, 0.2) is 0 Å². The third-order valence-corrected chi connectivity index (χ3v) is 4.44. The van der Waals surface area contributed by atoms with E-state index >= 15 is 0 Å². The van der Waals surface area contributed by atoms with Crippen LogP contribution in [0.25, 0.3) is 16.8 Å². The van der Waals surface area contributed by atoms with Gasteiger partial charge in [-0.3, -0.25) is 0 Å². The molecule has 1 atom stereocenters. The van der Waals surface area contributed by atoms with Gasteiger partial charge in [-0.1, -0.05) is 36.4 Å². The molecule has 1 fully saturated rings. The summed E-state index contributed by atoms with van der Waals surface area (Å²) in [6.07, 6.45) is 8.31. The first-order chi connectivity index (χ1) is 8.87. The van der Waals surface area contributed by atoms with Gasteiger partial charge < -0.3 is 5.32 Å². The van der Waals surface area contributed by atoms with E-state index in [1.54, 1.807) is 0 Å². The van der Waals surface area contributed by atoms with E-state index in [0.29, 0.717) is 0 Å². The zero-order chi connectivity index (χ0) is 12.0. The summed E-state index contributed by atoms with van der Waals surface area (Å²) in [6.45, 7) is 1.15. The fraction of sp³-hybridized carbons (Fsp3) is 0.294. The van der Waals surface area contributed by atoms with E-state index in [0.717, 1.165) is 13.0 Å². The van der Waals surface area contributed by atoms with Crippen molar-refractivity contribution in [3.8, 4) is 0 Å². The van der Waals surface area contributed by atoms with Crippen LogP contribution in [0.3, 0.4) is 0 Å². The van der Waals surface area contributed by atoms with Crippen molar-refractivity contribution in [3.63, 3.8) is 0 Å². The maximum atomic E-state index is 3.74. The summed E-state index contributed by atoms with van der Waals surface area (Å²) >= 11 is 0. The highest BCUT2D eigenvalue weighted by molar-refractivity contribution is 5.87. The topological polar surface area (TPSA) is 12.0 Å². The Balaban J connectivity index is 2.00. The largest absolute Gasteiger partial charge is 0.307 e. The number of hydrogen-bond donors (Lipinski definition) is 1. The number of rotatable bonds is 0. The second-order valence-electron chi connectivity index (χ2n) is 5.51. The summed E-state index contributed by atoms with van der Waals surface area (Å²) in [5.74, 6) is 0. The zero-order valence-electron chi connectivity index (χ0n) is 10.4. The monoisotopic (exact) mass is 235 g/mol. The fourth-order valence-electron chi connectivity index (χ4n) is 3.52. The summed E-state index contributed by atoms with van der Waals surface area (Å²) in [4.78, 5) is 0. The molecule has 0 radical (unpaired) electrons. The number of benzene rings is 2. The van der Waals surface area contributed by atoms with Crippen LogP contribution < -0.4 is 5.32 Å². The van der Waals surface area contributed by atoms with Crippen molar-refractivity contribution in [2.24, 2.45) is 0 Å². The van der Waals surface area contributed by atoms with E-state index in [-0.39, 0.29) is 5.54 Å². The van der Waals surface area contributed by atoms with Gasteiger partial charge in [-0.25, -0.2) is 0 Å². The number of nitrogens with one attached hydrogen (secondary N) is 1. The summed E-state index contributed by atoms with van der Waals surface area (Å²) in [5.41, 5.74) is 3.12. The predicted molar refractivity (Wildman–Crippen MR) is 76.5 cm³/mol. The molecule has 18 heavy (non-hydrogen) atoms. The van der Waals surface area contributed by atoms with Crippen LogP contribution in [-0.2, 0) is 5.54 Å². The number of fused-ring (bicyclic) bond motifs is 3. The Bertz CT molecular complexity index is 633. The van der Waals surface area contributed by atoms with E-state index in [9.17, 15) is 0 Å². The van der Waals surface area contributed by atoms with Crippen LogP contribution in [0.15, 0.2) is 42.5 Å². The van der Waals surface area contributed by atoms with Crippen molar-refractivity contribution in [3.05, 3.63) is 53.6 Å². The van der Waals surface area contributed by atoms with Gasteiger partial charge in [-0.15, -0.1) is 0 Å². The molecule has 1 aliphatic heterocycles. The van der Waals surface area contributed by atoms with E-state index in [1.807, 2.05) is 0 Å². The van der Waals surface area contributed by atoms with Crippen molar-refractivity contribution >= 4 is 16.8 Å². The molecule has 2 aliphatic rings. The van der Waals surface area contributed by atoms with Gasteiger partial charge in [-0.05, 0) is 59.8 Å². The van der Waals surface area contributed by atoms with Gasteiger partial charge in [0.2, 0.25) is 0 Å². The normalized spacial score (nSPS) is 25.8. The van der Waals surface area contributed by atoms with E-state index < -0.39 is 0 Å². The molecule has 2 aromatic rings. The van der Waals surface area contributed by atoms with Crippen molar-refractivity contribution < 1.29 is 0 Å². The molecule has 1 N–H and O–H groups in total. The summed E-state index contributed by atoms with van der Waals surface area (Å²) in [5, 5.41) is 6.45. The van der Waals surface area contributed by atoms with Gasteiger partial charge >= 0.3 is 0 Å². The van der Waals surface area contributed by atoms with Crippen molar-refractivity contribution in [1.82, 2.24) is 5.32 Å². The van der Waals surface area contributed by atoms with Gasteiger partial charge in [0.1, 0.15) is 0 Å². The van der Waals surface area contributed by atoms with E-state index in [4.69, 9.17) is 0 Å². The molecule has 1 unspecified atom stereocenters. The Morgan fingerprint density at radius 2 is 1.89 bits per heavy atom. The standard InChI is InChI=1S/C17H17N/c1-2-6-14-12-16-15(11-13(14)5-1)7-3-8-17(16)9-4-10-18-17/h1-3,5-7,11-12,18H,4,8-10H2. The molecule has 0 amide bonds. The van der Waals surface area contributed by atoms with Crippen molar-refractivity contribution in [1.29, 1.82) is 0 Å². The van der Waals surface area contributed by atoms with Crippen LogP contribution >= 0.6 is 0 Å². The molecule has 90 valence electrons. The van der Waals surface area contributed by atoms with Gasteiger partial charge in [0.25, 0.3) is 0 Å². The average Bonchev–Trinajstić information content (AvgIpc) is 2.87. The Labute approximate surface area is 108 Å². The average molecular weight is 235 g/mol. The summed E-state index contributed by atoms with van der Waals surface area (Å²) in [6, 6.07) is 13.4. The third-order valence-electron chi connectivity index (χ3n) is 4.44. The highest BCUT2D eigenvalue weighted by Gasteiger charge is 2.37. The Morgan fingerprint density at radius 1 is 1.06 bits per heavy atom. The first kappa shape index (κ1) is 10.3. The third kappa shape index (κ3) is 1.37. The van der Waals surface area contributed by atoms with Gasteiger partial charge in [0, 0.05) is 5.54 Å². The number of hydrogen-bond acceptors (Lipinski definition) is 1. The van der Waals surface area contributed by atoms with Crippen LogP contribution in [0.4, 0.5) is 0 Å². The quantitative estimate of drug-likeness (QED) is 0.731. The molecule has 1 spiro atoms. The first-order valence-electron chi connectivity index (χ1n) is 6.82. The minimum absolute atomic E-state index is 0.216. The van der Waals surface area contributed by atoms with Crippen LogP contribution in [0, 0.1) is 0 Å². The first-order valence-corrected chi connectivity index (χ1v) is 6.82. The molecule has 1 saturated heterocycles. The van der Waals surface area contributed by atoms with E-state index in [2.05, 4.69) is 53.9 Å². The molecule has 1 heterocycles. The minimum Gasteiger partial charge on any atom is -0.307 e. The summed E-state index contributed by atoms with van der Waals surface area (Å²) < 4.78 is 0. The Morgan fingerprint density at radius 3 is 2.67 bits per heavy atom. The molecule has 0 bridgehead atoms. The minimum atomic E-state index is 0.216. The lowest BCUT2D eigenvalue weighted by Crippen LogP contribution is -2.38. The van der Waals surface area contributed by atoms with Gasteiger partial charge in [0.05, 0.1) is 0 Å². The zero-order valence-corrected chi connectivity index (χ0v) is 10.4. The van der Waals surface area contributed by atoms with Crippen LogP contribution in [-0.4, -0.2) is 6.54 Å². The molecule has 1 aliphatic carbocycles. The van der Waals surface area contributed by atoms with Crippen LogP contribution in [0.1, 0.15) is 30.4 Å². The summed E-state index contributed by atoms with van der Waals surface area (Å²) in [7, 11) is 0. The molecule has 1 nitrogen and oxygen atoms in total. The maximum absolute atomic E-state index is 3.74. The molecule has 4 rings (SSSR count). The van der Waals surface area contributed by atoms with Crippen LogP contribution in [0.5, 0.6) is 0 Å². The molecule has 0 aromatic heterocycles. The van der Waals surface area contributed by atoms with Crippen molar-refractivity contribution in [2.75, 3.05) is 6.54 Å². The molecule has 1 heteroatoms. The Kier molecular flexibility index (Phi) is 2.12. The lowest BCUT2D eigenvalue weighted by Gasteiger charge is -2.33. The second-order valence-corrected chi connectivity index (χ2v) is 5.51. The Hall–Kier alpha value is -1.60. The smallest absolute Gasteiger partial charge is 0.0476 e. The molecular weight excluding hydrogens is 218 g/mol. The molecular formula is C17H17N. The highest BCUT2D eigenvalue weighted by atomic mass is 15.0. The predicted octanol–water partition coefficient (Wildman–Crippen LogP) is 3.84. The highest BCUT2D eigenvalue weighted by Crippen LogP contribution is 2.41. The SMILES string of the molecule is C1=Cc2cc3ccccc3cc2C2(C1)CCCN2. The lowest BCUT2D eigenvalue weighted by atomic mass is 9.78. The van der Waals surface area contributed by atoms with E-state index in [1.165, 1.54) is 34.7 Å². The lowest BCUT2D eigenvalue weighted by molar-refractivity contribution is 0.392. The van der Waals surface area contributed by atoms with Crippen molar-refractivity contribution in [2.45, 2.75) is 24.8 Å². The molecule has 2 aromatic carbocycles. The maximum Gasteiger partial charge on any atom is 0.0476 e.